The summed E-state index contributed by atoms with van der Waals surface area (Å²) in [6.45, 7) is 5.19. The van der Waals surface area contributed by atoms with Crippen molar-refractivity contribution in [1.82, 2.24) is 15.6 Å². The predicted octanol–water partition coefficient (Wildman–Crippen LogP) is 2.75. The van der Waals surface area contributed by atoms with Gasteiger partial charge >= 0.3 is 0 Å². The molecular formula is C20H24BrN3O5S. The molecule has 2 rings (SSSR count). The smallest absolute Gasteiger partial charge is 0.279 e. The van der Waals surface area contributed by atoms with Gasteiger partial charge in [0.15, 0.2) is 6.10 Å². The minimum Gasteiger partial charge on any atom is -0.481 e. The number of nitrogens with one attached hydrogen (secondary N) is 3. The van der Waals surface area contributed by atoms with Crippen molar-refractivity contribution in [2.75, 3.05) is 0 Å². The summed E-state index contributed by atoms with van der Waals surface area (Å²) in [4.78, 5) is 24.4. The first-order valence-electron chi connectivity index (χ1n) is 9.27. The minimum absolute atomic E-state index is 0.0550. The molecule has 2 atom stereocenters. The van der Waals surface area contributed by atoms with Crippen molar-refractivity contribution in [3.8, 4) is 5.75 Å². The van der Waals surface area contributed by atoms with Gasteiger partial charge in [-0.15, -0.1) is 0 Å². The normalized spacial score (nSPS) is 13.2. The summed E-state index contributed by atoms with van der Waals surface area (Å²) in [5.74, 6) is -0.627. The van der Waals surface area contributed by atoms with Crippen molar-refractivity contribution >= 4 is 37.8 Å². The fraction of sp³-hybridized carbons (Fsp3) is 0.300. The number of amides is 2. The Morgan fingerprint density at radius 1 is 1.07 bits per heavy atom. The van der Waals surface area contributed by atoms with E-state index in [1.165, 1.54) is 24.3 Å². The Balaban J connectivity index is 1.92. The number of carbonyl (C=O) groups is 2. The molecule has 0 bridgehead atoms. The first-order valence-corrected chi connectivity index (χ1v) is 11.5. The molecule has 162 valence electrons. The standard InChI is InChI=1S/C20H24BrN3O5S/c1-4-13(2)24-30(27,28)18-10-8-15(9-11-18)20(26)23-22-19(25)14(3)29-17-7-5-6-16(21)12-17/h5-14,24H,4H2,1-3H3,(H,22,25)(H,23,26). The van der Waals surface area contributed by atoms with E-state index in [4.69, 9.17) is 4.74 Å². The van der Waals surface area contributed by atoms with E-state index in [0.29, 0.717) is 12.2 Å². The fourth-order valence-corrected chi connectivity index (χ4v) is 4.00. The van der Waals surface area contributed by atoms with Crippen LogP contribution in [0.2, 0.25) is 0 Å². The van der Waals surface area contributed by atoms with Gasteiger partial charge in [-0.05, 0) is 62.7 Å². The second-order valence-electron chi connectivity index (χ2n) is 6.62. The van der Waals surface area contributed by atoms with Crippen LogP contribution in [0.1, 0.15) is 37.6 Å². The third-order valence-corrected chi connectivity index (χ3v) is 6.27. The highest BCUT2D eigenvalue weighted by Crippen LogP contribution is 2.18. The van der Waals surface area contributed by atoms with Gasteiger partial charge in [-0.2, -0.15) is 0 Å². The summed E-state index contributed by atoms with van der Waals surface area (Å²) in [7, 11) is -3.66. The van der Waals surface area contributed by atoms with E-state index >= 15 is 0 Å². The Hall–Kier alpha value is -2.43. The number of carbonyl (C=O) groups excluding carboxylic acids is 2. The first-order chi connectivity index (χ1) is 14.1. The zero-order valence-electron chi connectivity index (χ0n) is 16.8. The molecule has 2 amide bonds. The molecule has 0 aromatic heterocycles. The van der Waals surface area contributed by atoms with Crippen LogP contribution in [0.5, 0.6) is 5.75 Å². The zero-order chi connectivity index (χ0) is 22.3. The van der Waals surface area contributed by atoms with Gasteiger partial charge < -0.3 is 4.74 Å². The molecule has 2 unspecified atom stereocenters. The quantitative estimate of drug-likeness (QED) is 0.485. The minimum atomic E-state index is -3.66. The van der Waals surface area contributed by atoms with Crippen molar-refractivity contribution < 1.29 is 22.7 Å². The molecule has 0 radical (unpaired) electrons. The zero-order valence-corrected chi connectivity index (χ0v) is 19.2. The predicted molar refractivity (Wildman–Crippen MR) is 116 cm³/mol. The molecule has 2 aromatic carbocycles. The summed E-state index contributed by atoms with van der Waals surface area (Å²) in [5.41, 5.74) is 4.76. The summed E-state index contributed by atoms with van der Waals surface area (Å²) >= 11 is 3.32. The van der Waals surface area contributed by atoms with Gasteiger partial charge in [0, 0.05) is 16.1 Å². The van der Waals surface area contributed by atoms with E-state index in [9.17, 15) is 18.0 Å². The van der Waals surface area contributed by atoms with Gasteiger partial charge in [0.1, 0.15) is 5.75 Å². The monoisotopic (exact) mass is 497 g/mol. The van der Waals surface area contributed by atoms with Crippen molar-refractivity contribution in [3.05, 3.63) is 58.6 Å². The molecular weight excluding hydrogens is 474 g/mol. The molecule has 0 spiro atoms. The van der Waals surface area contributed by atoms with E-state index in [0.717, 1.165) is 4.47 Å². The van der Waals surface area contributed by atoms with Crippen LogP contribution >= 0.6 is 15.9 Å². The molecule has 8 nitrogen and oxygen atoms in total. The molecule has 30 heavy (non-hydrogen) atoms. The Morgan fingerprint density at radius 3 is 2.33 bits per heavy atom. The van der Waals surface area contributed by atoms with Crippen LogP contribution in [-0.4, -0.2) is 32.4 Å². The number of hydrogen-bond donors (Lipinski definition) is 3. The summed E-state index contributed by atoms with van der Waals surface area (Å²) in [5, 5.41) is 0. The maximum absolute atomic E-state index is 12.3. The lowest BCUT2D eigenvalue weighted by molar-refractivity contribution is -0.128. The molecule has 0 saturated heterocycles. The molecule has 0 aliphatic rings. The van der Waals surface area contributed by atoms with E-state index in [1.54, 1.807) is 32.0 Å². The summed E-state index contributed by atoms with van der Waals surface area (Å²) in [6.07, 6.45) is -0.193. The van der Waals surface area contributed by atoms with Crippen LogP contribution in [0.3, 0.4) is 0 Å². The molecule has 0 aliphatic heterocycles. The molecule has 10 heteroatoms. The second kappa shape index (κ2) is 10.6. The molecule has 0 aliphatic carbocycles. The lowest BCUT2D eigenvalue weighted by Gasteiger charge is -2.15. The molecule has 0 saturated carbocycles. The third-order valence-electron chi connectivity index (χ3n) is 4.17. The van der Waals surface area contributed by atoms with Crippen LogP contribution in [0.15, 0.2) is 57.9 Å². The lowest BCUT2D eigenvalue weighted by Crippen LogP contribution is -2.47. The van der Waals surface area contributed by atoms with Gasteiger partial charge in [0.25, 0.3) is 11.8 Å². The van der Waals surface area contributed by atoms with Crippen LogP contribution < -0.4 is 20.3 Å². The Bertz CT molecular complexity index is 996. The number of ether oxygens (including phenoxy) is 1. The van der Waals surface area contributed by atoms with Crippen LogP contribution in [0, 0.1) is 0 Å². The average Bonchev–Trinajstić information content (AvgIpc) is 2.71. The van der Waals surface area contributed by atoms with Crippen molar-refractivity contribution in [2.24, 2.45) is 0 Å². The molecule has 0 fully saturated rings. The van der Waals surface area contributed by atoms with Gasteiger partial charge in [-0.3, -0.25) is 20.4 Å². The number of benzene rings is 2. The topological polar surface area (TPSA) is 114 Å². The maximum Gasteiger partial charge on any atom is 0.279 e. The van der Waals surface area contributed by atoms with E-state index in [2.05, 4.69) is 31.5 Å². The van der Waals surface area contributed by atoms with Gasteiger partial charge in [-0.25, -0.2) is 13.1 Å². The van der Waals surface area contributed by atoms with Crippen LogP contribution in [-0.2, 0) is 14.8 Å². The fourth-order valence-electron chi connectivity index (χ4n) is 2.29. The number of sulfonamides is 1. The molecule has 0 heterocycles. The highest BCUT2D eigenvalue weighted by atomic mass is 79.9. The number of halogens is 1. The first kappa shape index (κ1) is 23.8. The largest absolute Gasteiger partial charge is 0.481 e. The highest BCUT2D eigenvalue weighted by Gasteiger charge is 2.18. The van der Waals surface area contributed by atoms with Gasteiger partial charge in [0.05, 0.1) is 4.90 Å². The third kappa shape index (κ3) is 6.82. The maximum atomic E-state index is 12.3. The second-order valence-corrected chi connectivity index (χ2v) is 9.25. The van der Waals surface area contributed by atoms with Gasteiger partial charge in [0.2, 0.25) is 10.0 Å². The summed E-state index contributed by atoms with van der Waals surface area (Å²) in [6, 6.07) is 12.2. The average molecular weight is 498 g/mol. The van der Waals surface area contributed by atoms with Crippen LogP contribution in [0.25, 0.3) is 0 Å². The number of hydrazine groups is 1. The van der Waals surface area contributed by atoms with E-state index in [1.807, 2.05) is 13.0 Å². The molecule has 3 N–H and O–H groups in total. The van der Waals surface area contributed by atoms with E-state index in [-0.39, 0.29) is 16.5 Å². The SMILES string of the molecule is CCC(C)NS(=O)(=O)c1ccc(C(=O)NNC(=O)C(C)Oc2cccc(Br)c2)cc1. The van der Waals surface area contributed by atoms with E-state index < -0.39 is 27.9 Å². The van der Waals surface area contributed by atoms with Gasteiger partial charge in [-0.1, -0.05) is 28.9 Å². The van der Waals surface area contributed by atoms with Crippen LogP contribution in [0.4, 0.5) is 0 Å². The van der Waals surface area contributed by atoms with Crippen molar-refractivity contribution in [3.63, 3.8) is 0 Å². The van der Waals surface area contributed by atoms with Crippen molar-refractivity contribution in [1.29, 1.82) is 0 Å². The number of hydrogen-bond acceptors (Lipinski definition) is 5. The highest BCUT2D eigenvalue weighted by molar-refractivity contribution is 9.10. The Morgan fingerprint density at radius 2 is 1.73 bits per heavy atom. The lowest BCUT2D eigenvalue weighted by atomic mass is 10.2. The van der Waals surface area contributed by atoms with Crippen molar-refractivity contribution in [2.45, 2.75) is 44.2 Å². The summed E-state index contributed by atoms with van der Waals surface area (Å²) < 4.78 is 33.4. The molecule has 2 aromatic rings. The number of rotatable bonds is 8. The Kier molecular flexibility index (Phi) is 8.39. The Labute approximate surface area is 184 Å².